The quantitative estimate of drug-likeness (QED) is 0.401. The van der Waals surface area contributed by atoms with Gasteiger partial charge in [0.05, 0.1) is 17.7 Å². The lowest BCUT2D eigenvalue weighted by Crippen LogP contribution is -2.31. The molecule has 4 rings (SSSR count). The number of imide groups is 1. The van der Waals surface area contributed by atoms with E-state index in [1.165, 1.54) is 23.1 Å². The summed E-state index contributed by atoms with van der Waals surface area (Å²) in [5.41, 5.74) is 2.21. The summed E-state index contributed by atoms with van der Waals surface area (Å²) in [7, 11) is 1.56. The van der Waals surface area contributed by atoms with E-state index in [-0.39, 0.29) is 36.1 Å². The lowest BCUT2D eigenvalue weighted by atomic mass is 10.1. The van der Waals surface area contributed by atoms with Gasteiger partial charge in [0.2, 0.25) is 5.88 Å². The number of carbonyl (C=O) groups is 3. The van der Waals surface area contributed by atoms with Crippen LogP contribution in [0.3, 0.4) is 0 Å². The van der Waals surface area contributed by atoms with Crippen molar-refractivity contribution in [3.05, 3.63) is 89.1 Å². The molecule has 0 unspecified atom stereocenters. The highest BCUT2D eigenvalue weighted by Crippen LogP contribution is 2.26. The Kier molecular flexibility index (Phi) is 6.75. The fourth-order valence-corrected chi connectivity index (χ4v) is 3.54. The molecule has 8 heteroatoms. The van der Waals surface area contributed by atoms with Gasteiger partial charge in [0.1, 0.15) is 12.3 Å². The molecule has 2 heterocycles. The molecule has 0 spiro atoms. The first-order chi connectivity index (χ1) is 16.1. The van der Waals surface area contributed by atoms with Crippen molar-refractivity contribution in [1.82, 2.24) is 9.88 Å². The molecule has 0 fully saturated rings. The van der Waals surface area contributed by atoms with E-state index >= 15 is 0 Å². The average molecular weight is 445 g/mol. The van der Waals surface area contributed by atoms with Gasteiger partial charge in [0, 0.05) is 25.4 Å². The highest BCUT2D eigenvalue weighted by atomic mass is 16.5. The van der Waals surface area contributed by atoms with Gasteiger partial charge >= 0.3 is 0 Å². The summed E-state index contributed by atoms with van der Waals surface area (Å²) in [6, 6.07) is 17.5. The lowest BCUT2D eigenvalue weighted by molar-refractivity contribution is 0.0656. The van der Waals surface area contributed by atoms with Crippen molar-refractivity contribution in [2.24, 2.45) is 0 Å². The number of pyridine rings is 1. The molecule has 1 aromatic heterocycles. The molecule has 33 heavy (non-hydrogen) atoms. The number of rotatable bonds is 9. The van der Waals surface area contributed by atoms with Crippen molar-refractivity contribution in [3.8, 4) is 5.88 Å². The minimum absolute atomic E-state index is 0.225. The SMILES string of the molecule is COCCOc1ncccc1NC(=O)c1ccc2c(c1)C(=O)N(CCc1ccccc1)C2=O. The molecule has 3 amide bonds. The van der Waals surface area contributed by atoms with Gasteiger partial charge in [-0.2, -0.15) is 0 Å². The van der Waals surface area contributed by atoms with Gasteiger partial charge in [-0.1, -0.05) is 30.3 Å². The summed E-state index contributed by atoms with van der Waals surface area (Å²) >= 11 is 0. The highest BCUT2D eigenvalue weighted by molar-refractivity contribution is 6.22. The summed E-state index contributed by atoms with van der Waals surface area (Å²) in [5, 5.41) is 2.75. The minimum Gasteiger partial charge on any atom is -0.474 e. The summed E-state index contributed by atoms with van der Waals surface area (Å²) in [4.78, 5) is 43.8. The van der Waals surface area contributed by atoms with Crippen LogP contribution >= 0.6 is 0 Å². The molecule has 2 aromatic carbocycles. The Morgan fingerprint density at radius 1 is 0.970 bits per heavy atom. The van der Waals surface area contributed by atoms with Crippen LogP contribution < -0.4 is 10.1 Å². The van der Waals surface area contributed by atoms with Crippen molar-refractivity contribution < 1.29 is 23.9 Å². The highest BCUT2D eigenvalue weighted by Gasteiger charge is 2.35. The van der Waals surface area contributed by atoms with Gasteiger partial charge in [-0.3, -0.25) is 19.3 Å². The Morgan fingerprint density at radius 3 is 2.55 bits per heavy atom. The summed E-state index contributed by atoms with van der Waals surface area (Å²) in [6.45, 7) is 0.937. The van der Waals surface area contributed by atoms with Crippen LogP contribution in [0.2, 0.25) is 0 Å². The van der Waals surface area contributed by atoms with Crippen molar-refractivity contribution in [1.29, 1.82) is 0 Å². The fourth-order valence-electron chi connectivity index (χ4n) is 3.54. The van der Waals surface area contributed by atoms with Gasteiger partial charge in [-0.25, -0.2) is 4.98 Å². The molecule has 0 radical (unpaired) electrons. The number of nitrogens with zero attached hydrogens (tertiary/aromatic N) is 2. The summed E-state index contributed by atoms with van der Waals surface area (Å²) < 4.78 is 10.5. The molecule has 168 valence electrons. The number of anilines is 1. The van der Waals surface area contributed by atoms with Crippen LogP contribution in [-0.2, 0) is 11.2 Å². The molecule has 8 nitrogen and oxygen atoms in total. The molecule has 0 aliphatic carbocycles. The number of methoxy groups -OCH3 is 1. The number of aromatic nitrogens is 1. The topological polar surface area (TPSA) is 97.8 Å². The molecule has 1 aliphatic rings. The van der Waals surface area contributed by atoms with Crippen molar-refractivity contribution in [2.45, 2.75) is 6.42 Å². The van der Waals surface area contributed by atoms with E-state index in [1.54, 1.807) is 25.4 Å². The number of hydrogen-bond donors (Lipinski definition) is 1. The zero-order valence-electron chi connectivity index (χ0n) is 18.1. The molecule has 1 N–H and O–H groups in total. The summed E-state index contributed by atoms with van der Waals surface area (Å²) in [5.74, 6) is -0.919. The van der Waals surface area contributed by atoms with E-state index in [0.717, 1.165) is 5.56 Å². The van der Waals surface area contributed by atoms with E-state index in [2.05, 4.69) is 10.3 Å². The second kappa shape index (κ2) is 10.1. The minimum atomic E-state index is -0.439. The predicted octanol–water partition coefficient (Wildman–Crippen LogP) is 3.20. The normalized spacial score (nSPS) is 12.6. The van der Waals surface area contributed by atoms with E-state index < -0.39 is 11.8 Å². The largest absolute Gasteiger partial charge is 0.474 e. The van der Waals surface area contributed by atoms with Gasteiger partial charge in [-0.05, 0) is 42.3 Å². The number of benzene rings is 2. The van der Waals surface area contributed by atoms with Crippen molar-refractivity contribution in [3.63, 3.8) is 0 Å². The molecule has 0 saturated carbocycles. The fraction of sp³-hybridized carbons (Fsp3) is 0.200. The van der Waals surface area contributed by atoms with Crippen molar-refractivity contribution in [2.75, 3.05) is 32.2 Å². The first kappa shape index (κ1) is 22.2. The van der Waals surface area contributed by atoms with Crippen LogP contribution in [0.15, 0.2) is 66.9 Å². The zero-order valence-corrected chi connectivity index (χ0v) is 18.1. The van der Waals surface area contributed by atoms with Crippen LogP contribution in [0.25, 0.3) is 0 Å². The maximum absolute atomic E-state index is 12.9. The van der Waals surface area contributed by atoms with E-state index in [9.17, 15) is 14.4 Å². The van der Waals surface area contributed by atoms with Crippen LogP contribution in [-0.4, -0.2) is 54.5 Å². The maximum atomic E-state index is 12.9. The maximum Gasteiger partial charge on any atom is 0.261 e. The van der Waals surface area contributed by atoms with Crippen LogP contribution in [0.1, 0.15) is 36.6 Å². The average Bonchev–Trinajstić information content (AvgIpc) is 3.08. The second-order valence-corrected chi connectivity index (χ2v) is 7.41. The molecular formula is C25H23N3O5. The Labute approximate surface area is 191 Å². The number of hydrogen-bond acceptors (Lipinski definition) is 6. The number of nitrogens with one attached hydrogen (secondary N) is 1. The Morgan fingerprint density at radius 2 is 1.76 bits per heavy atom. The van der Waals surface area contributed by atoms with Crippen LogP contribution in [0, 0.1) is 0 Å². The summed E-state index contributed by atoms with van der Waals surface area (Å²) in [6.07, 6.45) is 2.12. The molecule has 0 atom stereocenters. The Balaban J connectivity index is 1.47. The molecule has 1 aliphatic heterocycles. The third-order valence-electron chi connectivity index (χ3n) is 5.25. The predicted molar refractivity (Wildman–Crippen MR) is 122 cm³/mol. The number of fused-ring (bicyclic) bond motifs is 1. The Bertz CT molecular complexity index is 1180. The number of carbonyl (C=O) groups excluding carboxylic acids is 3. The molecule has 3 aromatic rings. The standard InChI is InChI=1S/C25H23N3O5/c1-32-14-15-33-23-21(8-5-12-26-23)27-22(29)18-9-10-19-20(16-18)25(31)28(24(19)30)13-11-17-6-3-2-4-7-17/h2-10,12,16H,11,13-15H2,1H3,(H,27,29). The number of amides is 3. The smallest absolute Gasteiger partial charge is 0.261 e. The zero-order chi connectivity index (χ0) is 23.2. The third kappa shape index (κ3) is 4.91. The lowest BCUT2D eigenvalue weighted by Gasteiger charge is -2.13. The van der Waals surface area contributed by atoms with Crippen LogP contribution in [0.5, 0.6) is 5.88 Å². The first-order valence-electron chi connectivity index (χ1n) is 10.5. The van der Waals surface area contributed by atoms with Crippen molar-refractivity contribution >= 4 is 23.4 Å². The van der Waals surface area contributed by atoms with Gasteiger partial charge < -0.3 is 14.8 Å². The van der Waals surface area contributed by atoms with Crippen LogP contribution in [0.4, 0.5) is 5.69 Å². The third-order valence-corrected chi connectivity index (χ3v) is 5.25. The Hall–Kier alpha value is -4.04. The monoisotopic (exact) mass is 445 g/mol. The molecular weight excluding hydrogens is 422 g/mol. The van der Waals surface area contributed by atoms with Gasteiger partial charge in [0.15, 0.2) is 0 Å². The van der Waals surface area contributed by atoms with E-state index in [4.69, 9.17) is 9.47 Å². The van der Waals surface area contributed by atoms with E-state index in [1.807, 2.05) is 30.3 Å². The number of ether oxygens (including phenoxy) is 2. The molecule has 0 bridgehead atoms. The first-order valence-corrected chi connectivity index (χ1v) is 10.5. The molecule has 0 saturated heterocycles. The van der Waals surface area contributed by atoms with Gasteiger partial charge in [0.25, 0.3) is 17.7 Å². The van der Waals surface area contributed by atoms with Gasteiger partial charge in [-0.15, -0.1) is 0 Å². The van der Waals surface area contributed by atoms with E-state index in [0.29, 0.717) is 24.3 Å². The second-order valence-electron chi connectivity index (χ2n) is 7.41.